The summed E-state index contributed by atoms with van der Waals surface area (Å²) in [5.41, 5.74) is 0. The fourth-order valence-corrected chi connectivity index (χ4v) is 10.5. The summed E-state index contributed by atoms with van der Waals surface area (Å²) in [6.45, 7) is 6.55. The van der Waals surface area contributed by atoms with E-state index in [0.29, 0.717) is 19.3 Å². The van der Waals surface area contributed by atoms with Crippen molar-refractivity contribution >= 4 is 17.9 Å². The zero-order chi connectivity index (χ0) is 59.2. The van der Waals surface area contributed by atoms with Crippen LogP contribution in [0.15, 0.2) is 72.9 Å². The van der Waals surface area contributed by atoms with Gasteiger partial charge in [-0.25, -0.2) is 0 Å². The van der Waals surface area contributed by atoms with Crippen LogP contribution >= 0.6 is 0 Å². The molecule has 1 atom stereocenters. The van der Waals surface area contributed by atoms with E-state index >= 15 is 0 Å². The summed E-state index contributed by atoms with van der Waals surface area (Å²) in [6, 6.07) is 0. The maximum absolute atomic E-state index is 12.9. The van der Waals surface area contributed by atoms with Gasteiger partial charge in [0, 0.05) is 19.3 Å². The van der Waals surface area contributed by atoms with Gasteiger partial charge < -0.3 is 14.2 Å². The average Bonchev–Trinajstić information content (AvgIpc) is 3.47. The molecule has 0 aliphatic carbocycles. The van der Waals surface area contributed by atoms with Crippen LogP contribution in [0.5, 0.6) is 0 Å². The number of ether oxygens (including phenoxy) is 3. The first-order valence-corrected chi connectivity index (χ1v) is 35.9. The molecule has 0 aromatic carbocycles. The SMILES string of the molecule is CC/C=C\C/C=C\C/C=C\CCCCCCCC(=O)OCC(COC(=O)CCCCCCCCCCCCCCCCCCCCC/C=C\C/C=C\CCCCCCC)OC(=O)CCCCCCCCC/C=C\CCCCCCCCC. The molecule has 0 bridgehead atoms. The molecule has 0 rings (SSSR count). The second-order valence-corrected chi connectivity index (χ2v) is 24.1. The Labute approximate surface area is 510 Å². The van der Waals surface area contributed by atoms with E-state index in [4.69, 9.17) is 14.2 Å². The van der Waals surface area contributed by atoms with E-state index in [0.717, 1.165) is 103 Å². The number of hydrogen-bond acceptors (Lipinski definition) is 6. The van der Waals surface area contributed by atoms with Crippen molar-refractivity contribution in [3.63, 3.8) is 0 Å². The van der Waals surface area contributed by atoms with Crippen molar-refractivity contribution < 1.29 is 28.6 Å². The van der Waals surface area contributed by atoms with Crippen molar-refractivity contribution in [3.8, 4) is 0 Å². The third-order valence-corrected chi connectivity index (χ3v) is 15.9. The maximum atomic E-state index is 12.9. The lowest BCUT2D eigenvalue weighted by Gasteiger charge is -2.18. The van der Waals surface area contributed by atoms with Crippen LogP contribution in [-0.2, 0) is 28.6 Å². The van der Waals surface area contributed by atoms with Gasteiger partial charge in [0.25, 0.3) is 0 Å². The van der Waals surface area contributed by atoms with Crippen LogP contribution in [0, 0.1) is 0 Å². The van der Waals surface area contributed by atoms with E-state index in [1.54, 1.807) is 0 Å². The molecule has 0 spiro atoms. The summed E-state index contributed by atoms with van der Waals surface area (Å²) in [6.07, 6.45) is 92.3. The third-order valence-electron chi connectivity index (χ3n) is 15.9. The molecule has 476 valence electrons. The molecule has 1 unspecified atom stereocenters. The Morgan fingerprint density at radius 3 is 0.756 bits per heavy atom. The molecule has 0 aliphatic rings. The van der Waals surface area contributed by atoms with Crippen molar-refractivity contribution in [3.05, 3.63) is 72.9 Å². The minimum atomic E-state index is -0.785. The topological polar surface area (TPSA) is 78.9 Å². The smallest absolute Gasteiger partial charge is 0.306 e. The van der Waals surface area contributed by atoms with Crippen molar-refractivity contribution in [2.75, 3.05) is 13.2 Å². The van der Waals surface area contributed by atoms with E-state index in [9.17, 15) is 14.4 Å². The van der Waals surface area contributed by atoms with Gasteiger partial charge in [-0.1, -0.05) is 318 Å². The third kappa shape index (κ3) is 67.6. The summed E-state index contributed by atoms with van der Waals surface area (Å²) in [5.74, 6) is -0.881. The molecule has 0 saturated carbocycles. The van der Waals surface area contributed by atoms with Crippen molar-refractivity contribution in [1.82, 2.24) is 0 Å². The molecule has 0 heterocycles. The lowest BCUT2D eigenvalue weighted by Crippen LogP contribution is -2.30. The number of carbonyl (C=O) groups excluding carboxylic acids is 3. The van der Waals surface area contributed by atoms with Crippen LogP contribution < -0.4 is 0 Å². The molecule has 0 saturated heterocycles. The van der Waals surface area contributed by atoms with Crippen LogP contribution in [0.3, 0.4) is 0 Å². The molecule has 82 heavy (non-hydrogen) atoms. The number of hydrogen-bond donors (Lipinski definition) is 0. The molecule has 0 aliphatic heterocycles. The van der Waals surface area contributed by atoms with E-state index in [-0.39, 0.29) is 31.1 Å². The zero-order valence-electron chi connectivity index (χ0n) is 54.8. The lowest BCUT2D eigenvalue weighted by atomic mass is 10.0. The number of allylic oxidation sites excluding steroid dienone is 12. The first-order valence-electron chi connectivity index (χ1n) is 35.9. The predicted molar refractivity (Wildman–Crippen MR) is 358 cm³/mol. The molecule has 0 amide bonds. The van der Waals surface area contributed by atoms with Crippen molar-refractivity contribution in [2.45, 2.75) is 380 Å². The first-order chi connectivity index (χ1) is 40.5. The summed E-state index contributed by atoms with van der Waals surface area (Å²) in [5, 5.41) is 0. The Morgan fingerprint density at radius 1 is 0.256 bits per heavy atom. The zero-order valence-corrected chi connectivity index (χ0v) is 54.8. The highest BCUT2D eigenvalue weighted by atomic mass is 16.6. The molecule has 0 aromatic rings. The molecule has 6 nitrogen and oxygen atoms in total. The van der Waals surface area contributed by atoms with Gasteiger partial charge in [-0.05, 0) is 109 Å². The Morgan fingerprint density at radius 2 is 0.476 bits per heavy atom. The Kier molecular flexibility index (Phi) is 67.6. The second-order valence-electron chi connectivity index (χ2n) is 24.1. The van der Waals surface area contributed by atoms with Crippen LogP contribution in [0.2, 0.25) is 0 Å². The molecular formula is C76H136O6. The minimum absolute atomic E-state index is 0.0793. The molecule has 0 radical (unpaired) electrons. The predicted octanol–water partition coefficient (Wildman–Crippen LogP) is 24.8. The number of rotatable bonds is 66. The van der Waals surface area contributed by atoms with Gasteiger partial charge in [-0.15, -0.1) is 0 Å². The minimum Gasteiger partial charge on any atom is -0.462 e. The highest BCUT2D eigenvalue weighted by molar-refractivity contribution is 5.71. The van der Waals surface area contributed by atoms with Crippen LogP contribution in [0.1, 0.15) is 374 Å². The van der Waals surface area contributed by atoms with Gasteiger partial charge >= 0.3 is 17.9 Å². The van der Waals surface area contributed by atoms with Crippen LogP contribution in [0.25, 0.3) is 0 Å². The van der Waals surface area contributed by atoms with Gasteiger partial charge in [-0.3, -0.25) is 14.4 Å². The van der Waals surface area contributed by atoms with Gasteiger partial charge in [-0.2, -0.15) is 0 Å². The molecule has 0 aromatic heterocycles. The summed E-state index contributed by atoms with van der Waals surface area (Å²) < 4.78 is 17.0. The highest BCUT2D eigenvalue weighted by Crippen LogP contribution is 2.18. The fraction of sp³-hybridized carbons (Fsp3) is 0.803. The summed E-state index contributed by atoms with van der Waals surface area (Å²) in [4.78, 5) is 38.4. The van der Waals surface area contributed by atoms with E-state index in [1.807, 2.05) is 0 Å². The quantitative estimate of drug-likeness (QED) is 0.0261. The molecule has 6 heteroatoms. The maximum Gasteiger partial charge on any atom is 0.306 e. The van der Waals surface area contributed by atoms with E-state index in [1.165, 1.54) is 231 Å². The Bertz CT molecular complexity index is 1500. The normalized spacial score (nSPS) is 12.5. The average molecular weight is 1150 g/mol. The molecule has 0 N–H and O–H groups in total. The van der Waals surface area contributed by atoms with E-state index < -0.39 is 6.10 Å². The van der Waals surface area contributed by atoms with E-state index in [2.05, 4.69) is 93.7 Å². The summed E-state index contributed by atoms with van der Waals surface area (Å²) in [7, 11) is 0. The molecular weight excluding hydrogens is 1010 g/mol. The first kappa shape index (κ1) is 78.8. The number of carbonyl (C=O) groups is 3. The Balaban J connectivity index is 4.21. The number of unbranched alkanes of at least 4 members (excludes halogenated alkanes) is 43. The molecule has 0 fully saturated rings. The van der Waals surface area contributed by atoms with Gasteiger partial charge in [0.05, 0.1) is 0 Å². The van der Waals surface area contributed by atoms with Crippen molar-refractivity contribution in [1.29, 1.82) is 0 Å². The highest BCUT2D eigenvalue weighted by Gasteiger charge is 2.19. The van der Waals surface area contributed by atoms with Gasteiger partial charge in [0.2, 0.25) is 0 Å². The van der Waals surface area contributed by atoms with Gasteiger partial charge in [0.1, 0.15) is 13.2 Å². The fourth-order valence-electron chi connectivity index (χ4n) is 10.5. The van der Waals surface area contributed by atoms with Crippen LogP contribution in [-0.4, -0.2) is 37.2 Å². The second kappa shape index (κ2) is 70.3. The van der Waals surface area contributed by atoms with Crippen LogP contribution in [0.4, 0.5) is 0 Å². The number of esters is 3. The Hall–Kier alpha value is -3.15. The standard InChI is InChI=1S/C76H136O6/c1-4-7-10-13-16-19-22-25-28-30-32-33-34-35-36-37-38-39-40-41-42-43-44-46-48-51-54-57-60-63-66-69-75(78)81-72-73(71-80-74(77)68-65-62-59-56-53-50-47-27-24-21-18-15-12-9-6-3)82-76(79)70-67-64-61-58-55-52-49-45-31-29-26-23-20-17-14-11-8-5-2/h9,12,18,21-22,25,27,29-32,47,73H,4-8,10-11,13-17,19-20,23-24,26,28,33-46,48-72H2,1-3H3/b12-9-,21-18-,25-22-,31-29-,32-30-,47-27-. The van der Waals surface area contributed by atoms with Gasteiger partial charge in [0.15, 0.2) is 6.10 Å². The van der Waals surface area contributed by atoms with Crippen molar-refractivity contribution in [2.24, 2.45) is 0 Å². The lowest BCUT2D eigenvalue weighted by molar-refractivity contribution is -0.167. The summed E-state index contributed by atoms with van der Waals surface area (Å²) >= 11 is 0. The largest absolute Gasteiger partial charge is 0.462 e. The monoisotopic (exact) mass is 1150 g/mol.